The Morgan fingerprint density at radius 3 is 2.56 bits per heavy atom. The summed E-state index contributed by atoms with van der Waals surface area (Å²) in [6.45, 7) is 2.99. The zero-order chi connectivity index (χ0) is 22.7. The molecule has 0 spiro atoms. The van der Waals surface area contributed by atoms with Crippen LogP contribution in [0.4, 0.5) is 0 Å². The number of carbonyl (C=O) groups is 3. The maximum Gasteiger partial charge on any atom is 0.248 e. The molecule has 1 aliphatic carbocycles. The van der Waals surface area contributed by atoms with Crippen molar-refractivity contribution in [2.24, 2.45) is 17.4 Å². The highest BCUT2D eigenvalue weighted by Gasteiger charge is 2.56. The van der Waals surface area contributed by atoms with E-state index in [0.717, 1.165) is 24.8 Å². The number of hydrogen-bond acceptors (Lipinski definition) is 6. The molecule has 0 aromatic heterocycles. The average molecular weight is 437 g/mol. The molecule has 1 unspecified atom stereocenters. The molecule has 3 saturated heterocycles. The van der Waals surface area contributed by atoms with Crippen LogP contribution in [0.3, 0.4) is 0 Å². The molecule has 9 heteroatoms. The fraction of sp³-hybridized carbons (Fsp3) is 0.565. The SMILES string of the molecule is C[C@@H](c1ccc(C(N)=O)cc1)N1C(=O)[C@H]2CC1CN2C[C@H](N)C(=O)N1[C@H](C#N)C[C@@H]2C[C@@H]21. The fourth-order valence-corrected chi connectivity index (χ4v) is 5.90. The molecule has 1 saturated carbocycles. The first-order chi connectivity index (χ1) is 15.3. The molecule has 1 aromatic carbocycles. The summed E-state index contributed by atoms with van der Waals surface area (Å²) in [6.07, 6.45) is 2.44. The topological polar surface area (TPSA) is 137 Å². The zero-order valence-corrected chi connectivity index (χ0v) is 18.1. The number of likely N-dealkylation sites (tertiary alicyclic amines) is 3. The van der Waals surface area contributed by atoms with E-state index in [9.17, 15) is 19.6 Å². The van der Waals surface area contributed by atoms with Gasteiger partial charge in [0.15, 0.2) is 0 Å². The van der Waals surface area contributed by atoms with Crippen LogP contribution in [0.5, 0.6) is 0 Å². The molecule has 32 heavy (non-hydrogen) atoms. The molecule has 9 nitrogen and oxygen atoms in total. The Hall–Kier alpha value is -2.96. The van der Waals surface area contributed by atoms with Crippen molar-refractivity contribution in [1.82, 2.24) is 14.7 Å². The van der Waals surface area contributed by atoms with Crippen LogP contribution >= 0.6 is 0 Å². The monoisotopic (exact) mass is 436 g/mol. The third-order valence-corrected chi connectivity index (χ3v) is 7.67. The molecule has 3 amide bonds. The Kier molecular flexibility index (Phi) is 4.95. The summed E-state index contributed by atoms with van der Waals surface area (Å²) in [5, 5.41) is 9.36. The maximum atomic E-state index is 13.2. The van der Waals surface area contributed by atoms with Gasteiger partial charge in [-0.3, -0.25) is 19.3 Å². The smallest absolute Gasteiger partial charge is 0.248 e. The Labute approximate surface area is 186 Å². The normalized spacial score (nSPS) is 32.5. The molecule has 3 aliphatic heterocycles. The number of rotatable bonds is 6. The van der Waals surface area contributed by atoms with Crippen LogP contribution in [0, 0.1) is 17.2 Å². The predicted octanol–water partition coefficient (Wildman–Crippen LogP) is -0.0281. The Morgan fingerprint density at radius 1 is 1.22 bits per heavy atom. The number of piperidine rings is 1. The van der Waals surface area contributed by atoms with Crippen LogP contribution in [0.15, 0.2) is 24.3 Å². The summed E-state index contributed by atoms with van der Waals surface area (Å²) in [5.74, 6) is -0.149. The first-order valence-electron chi connectivity index (χ1n) is 11.2. The lowest BCUT2D eigenvalue weighted by molar-refractivity contribution is -0.141. The summed E-state index contributed by atoms with van der Waals surface area (Å²) in [7, 11) is 0. The van der Waals surface area contributed by atoms with Crippen LogP contribution in [-0.2, 0) is 9.59 Å². The minimum atomic E-state index is -0.732. The van der Waals surface area contributed by atoms with Gasteiger partial charge in [0.05, 0.1) is 24.2 Å². The standard InChI is InChI=1S/C23H28N6O3/c1-12(13-2-4-14(5-3-13)21(26)30)28-17-8-20(23(28)32)27(10-17)11-18(25)22(31)29-16(9-24)6-15-7-19(15)29/h2-5,12,15-20H,6-8,10-11,25H2,1H3,(H2,26,30)/t12-,15+,16-,17?,18-,19-,20+/m0/s1. The largest absolute Gasteiger partial charge is 0.366 e. The van der Waals surface area contributed by atoms with Gasteiger partial charge in [-0.05, 0) is 49.8 Å². The van der Waals surface area contributed by atoms with Gasteiger partial charge in [-0.2, -0.15) is 5.26 Å². The summed E-state index contributed by atoms with van der Waals surface area (Å²) in [5.41, 5.74) is 13.0. The van der Waals surface area contributed by atoms with Crippen molar-refractivity contribution in [2.45, 2.75) is 62.4 Å². The molecular weight excluding hydrogens is 408 g/mol. The van der Waals surface area contributed by atoms with Crippen LogP contribution in [0.1, 0.15) is 48.1 Å². The van der Waals surface area contributed by atoms with E-state index >= 15 is 0 Å². The highest BCUT2D eigenvalue weighted by atomic mass is 16.2. The number of nitrogens with two attached hydrogens (primary N) is 2. The van der Waals surface area contributed by atoms with Crippen molar-refractivity contribution in [1.29, 1.82) is 5.26 Å². The van der Waals surface area contributed by atoms with Crippen molar-refractivity contribution >= 4 is 17.7 Å². The predicted molar refractivity (Wildman–Crippen MR) is 115 cm³/mol. The lowest BCUT2D eigenvalue weighted by Gasteiger charge is -2.38. The third-order valence-electron chi connectivity index (χ3n) is 7.67. The number of hydrogen-bond donors (Lipinski definition) is 2. The van der Waals surface area contributed by atoms with Gasteiger partial charge in [0.1, 0.15) is 6.04 Å². The second-order valence-electron chi connectivity index (χ2n) is 9.56. The van der Waals surface area contributed by atoms with E-state index in [1.165, 1.54) is 0 Å². The molecule has 4 aliphatic rings. The van der Waals surface area contributed by atoms with Crippen LogP contribution in [0.2, 0.25) is 0 Å². The lowest BCUT2D eigenvalue weighted by Crippen LogP contribution is -2.57. The van der Waals surface area contributed by atoms with Crippen molar-refractivity contribution in [2.75, 3.05) is 13.1 Å². The number of primary amides is 1. The van der Waals surface area contributed by atoms with E-state index in [-0.39, 0.29) is 42.0 Å². The second kappa shape index (κ2) is 7.57. The fourth-order valence-electron chi connectivity index (χ4n) is 5.90. The number of piperazine rings is 1. The van der Waals surface area contributed by atoms with Crippen molar-refractivity contribution in [3.63, 3.8) is 0 Å². The first-order valence-corrected chi connectivity index (χ1v) is 11.2. The number of amides is 3. The number of nitriles is 1. The van der Waals surface area contributed by atoms with Crippen molar-refractivity contribution in [3.05, 3.63) is 35.4 Å². The van der Waals surface area contributed by atoms with Gasteiger partial charge in [0.2, 0.25) is 17.7 Å². The van der Waals surface area contributed by atoms with Crippen LogP contribution in [0.25, 0.3) is 0 Å². The lowest BCUT2D eigenvalue weighted by atomic mass is 10.0. The molecule has 5 rings (SSSR count). The summed E-state index contributed by atoms with van der Waals surface area (Å²) in [4.78, 5) is 43.0. The van der Waals surface area contributed by atoms with Gasteiger partial charge in [-0.25, -0.2) is 0 Å². The number of benzene rings is 1. The Balaban J connectivity index is 1.22. The molecule has 4 fully saturated rings. The number of nitrogens with zero attached hydrogens (tertiary/aromatic N) is 4. The molecule has 0 radical (unpaired) electrons. The van der Waals surface area contributed by atoms with Gasteiger partial charge in [-0.1, -0.05) is 12.1 Å². The van der Waals surface area contributed by atoms with Gasteiger partial charge in [-0.15, -0.1) is 0 Å². The van der Waals surface area contributed by atoms with E-state index in [4.69, 9.17) is 11.5 Å². The van der Waals surface area contributed by atoms with E-state index in [2.05, 4.69) is 6.07 Å². The number of fused-ring (bicyclic) bond motifs is 3. The van der Waals surface area contributed by atoms with Crippen LogP contribution < -0.4 is 11.5 Å². The van der Waals surface area contributed by atoms with E-state index in [0.29, 0.717) is 24.6 Å². The van der Waals surface area contributed by atoms with Gasteiger partial charge in [0.25, 0.3) is 0 Å². The molecular formula is C23H28N6O3. The van der Waals surface area contributed by atoms with Crippen molar-refractivity contribution < 1.29 is 14.4 Å². The minimum Gasteiger partial charge on any atom is -0.366 e. The number of carbonyl (C=O) groups excluding carboxylic acids is 3. The second-order valence-corrected chi connectivity index (χ2v) is 9.56. The Bertz CT molecular complexity index is 1000. The summed E-state index contributed by atoms with van der Waals surface area (Å²) >= 11 is 0. The highest BCUT2D eigenvalue weighted by molar-refractivity contribution is 5.92. The minimum absolute atomic E-state index is 0.0470. The van der Waals surface area contributed by atoms with Gasteiger partial charge < -0.3 is 21.3 Å². The van der Waals surface area contributed by atoms with Crippen LogP contribution in [-0.4, -0.2) is 75.7 Å². The average Bonchev–Trinajstić information content (AvgIpc) is 3.11. The molecule has 2 bridgehead atoms. The Morgan fingerprint density at radius 2 is 1.94 bits per heavy atom. The molecule has 3 heterocycles. The summed E-state index contributed by atoms with van der Waals surface area (Å²) in [6, 6.07) is 8.01. The third kappa shape index (κ3) is 3.26. The van der Waals surface area contributed by atoms with E-state index < -0.39 is 11.9 Å². The molecule has 7 atom stereocenters. The van der Waals surface area contributed by atoms with Gasteiger partial charge >= 0.3 is 0 Å². The van der Waals surface area contributed by atoms with Gasteiger partial charge in [0, 0.05) is 30.7 Å². The zero-order valence-electron chi connectivity index (χ0n) is 18.1. The van der Waals surface area contributed by atoms with Crippen molar-refractivity contribution in [3.8, 4) is 6.07 Å². The quantitative estimate of drug-likeness (QED) is 0.643. The summed E-state index contributed by atoms with van der Waals surface area (Å²) < 4.78 is 0. The molecule has 1 aromatic rings. The highest BCUT2D eigenvalue weighted by Crippen LogP contribution is 2.48. The van der Waals surface area contributed by atoms with E-state index in [1.54, 1.807) is 17.0 Å². The first kappa shape index (κ1) is 20.9. The van der Waals surface area contributed by atoms with E-state index in [1.807, 2.05) is 28.9 Å². The molecule has 168 valence electrons. The molecule has 4 N–H and O–H groups in total. The maximum absolute atomic E-state index is 13.2.